The lowest BCUT2D eigenvalue weighted by Crippen LogP contribution is -2.67. The topological polar surface area (TPSA) is 88.1 Å². The van der Waals surface area contributed by atoms with Crippen molar-refractivity contribution in [1.29, 1.82) is 0 Å². The molecule has 3 rings (SSSR count). The van der Waals surface area contributed by atoms with Crippen molar-refractivity contribution in [3.8, 4) is 0 Å². The minimum atomic E-state index is -2.96. The van der Waals surface area contributed by atoms with Crippen LogP contribution in [0.1, 0.15) is 33.3 Å². The van der Waals surface area contributed by atoms with Gasteiger partial charge in [0.15, 0.2) is 5.41 Å². The summed E-state index contributed by atoms with van der Waals surface area (Å²) in [7, 11) is -0.531. The highest BCUT2D eigenvalue weighted by Gasteiger charge is 2.51. The van der Waals surface area contributed by atoms with Gasteiger partial charge in [-0.3, -0.25) is 14.4 Å². The first-order valence-corrected chi connectivity index (χ1v) is 15.7. The Labute approximate surface area is 249 Å². The molecule has 0 aromatic heterocycles. The molecule has 42 heavy (non-hydrogen) atoms. The highest BCUT2D eigenvalue weighted by molar-refractivity contribution is 6.99. The summed E-state index contributed by atoms with van der Waals surface area (Å²) < 4.78 is 22.8. The fourth-order valence-electron chi connectivity index (χ4n) is 5.29. The Kier molecular flexibility index (Phi) is 11.0. The number of esters is 3. The number of carbonyl (C=O) groups excluding carboxylic acids is 3. The fourth-order valence-corrected chi connectivity index (χ4v) is 9.86. The van der Waals surface area contributed by atoms with Crippen LogP contribution < -0.4 is 10.4 Å². The molecule has 0 aliphatic heterocycles. The van der Waals surface area contributed by atoms with Gasteiger partial charge in [-0.05, 0) is 27.1 Å². The molecule has 0 aliphatic carbocycles. The molecule has 0 spiro atoms. The molecule has 0 bridgehead atoms. The number of ether oxygens (including phenoxy) is 3. The Morgan fingerprint density at radius 1 is 0.762 bits per heavy atom. The first kappa shape index (κ1) is 32.5. The second kappa shape index (κ2) is 14.2. The van der Waals surface area contributed by atoms with E-state index in [4.69, 9.17) is 18.6 Å². The van der Waals surface area contributed by atoms with Crippen LogP contribution in [0.3, 0.4) is 0 Å². The second-order valence-corrected chi connectivity index (χ2v) is 15.4. The van der Waals surface area contributed by atoms with Crippen LogP contribution >= 0.6 is 0 Å². The normalized spacial score (nSPS) is 12.9. The summed E-state index contributed by atoms with van der Waals surface area (Å²) in [6.45, 7) is 7.74. The predicted octanol–water partition coefficient (Wildman–Crippen LogP) is 4.63. The lowest BCUT2D eigenvalue weighted by atomic mass is 9.80. The molecule has 3 aromatic rings. The third-order valence-electron chi connectivity index (χ3n) is 7.22. The molecule has 0 heterocycles. The van der Waals surface area contributed by atoms with Crippen LogP contribution in [0.15, 0.2) is 103 Å². The molecule has 0 saturated carbocycles. The molecule has 0 aliphatic rings. The second-order valence-electron chi connectivity index (χ2n) is 11.1. The van der Waals surface area contributed by atoms with Crippen molar-refractivity contribution in [3.63, 3.8) is 0 Å². The van der Waals surface area contributed by atoms with Gasteiger partial charge in [0.2, 0.25) is 0 Å². The maximum Gasteiger partial charge on any atom is 0.327 e. The Hall–Kier alpha value is -4.01. The lowest BCUT2D eigenvalue weighted by molar-refractivity contribution is -0.165. The lowest BCUT2D eigenvalue weighted by Gasteiger charge is -2.43. The monoisotopic (exact) mass is 588 g/mol. The van der Waals surface area contributed by atoms with E-state index in [-0.39, 0.29) is 18.1 Å². The zero-order chi connectivity index (χ0) is 30.8. The van der Waals surface area contributed by atoms with E-state index in [1.54, 1.807) is 0 Å². The van der Waals surface area contributed by atoms with Crippen molar-refractivity contribution in [1.82, 2.24) is 0 Å². The van der Waals surface area contributed by atoms with Crippen molar-refractivity contribution >= 4 is 36.6 Å². The minimum absolute atomic E-state index is 0.00682. The molecule has 222 valence electrons. The van der Waals surface area contributed by atoms with Gasteiger partial charge in [-0.2, -0.15) is 0 Å². The van der Waals surface area contributed by atoms with E-state index in [0.29, 0.717) is 0 Å². The quantitative estimate of drug-likeness (QED) is 0.100. The smallest absolute Gasteiger partial charge is 0.327 e. The first-order valence-electron chi connectivity index (χ1n) is 13.8. The Bertz CT molecular complexity index is 1290. The van der Waals surface area contributed by atoms with Crippen molar-refractivity contribution in [2.24, 2.45) is 5.41 Å². The zero-order valence-electron chi connectivity index (χ0n) is 25.2. The maximum atomic E-state index is 13.2. The SMILES string of the molecule is COC(=O)C(/C=C/[C@@H](CO[Si](c1ccccc1)(c1ccccc1)C(C)(C)C)OC(C)=O)(Cc1ccccc1)C(=O)OC. The molecule has 0 saturated heterocycles. The molecule has 8 heteroatoms. The molecule has 0 radical (unpaired) electrons. The highest BCUT2D eigenvalue weighted by atomic mass is 28.4. The summed E-state index contributed by atoms with van der Waals surface area (Å²) in [4.78, 5) is 38.6. The zero-order valence-corrected chi connectivity index (χ0v) is 26.2. The molecular formula is C34H40O7Si. The van der Waals surface area contributed by atoms with E-state index >= 15 is 0 Å². The summed E-state index contributed by atoms with van der Waals surface area (Å²) in [5.41, 5.74) is -1.08. The molecule has 0 unspecified atom stereocenters. The Morgan fingerprint density at radius 3 is 1.62 bits per heavy atom. The Morgan fingerprint density at radius 2 is 1.21 bits per heavy atom. The van der Waals surface area contributed by atoms with Crippen LogP contribution in [0.4, 0.5) is 0 Å². The van der Waals surface area contributed by atoms with Crippen molar-refractivity contribution < 1.29 is 33.0 Å². The standard InChI is InChI=1S/C34H40O7Si/c1-26(35)41-28(22-23-34(31(36)38-5,32(37)39-6)24-27-16-10-7-11-17-27)25-40-42(33(2,3)4,29-18-12-8-13-19-29)30-20-14-9-15-21-30/h7-23,28H,24-25H2,1-6H3/b23-22+/t28-/m0/s1. The van der Waals surface area contributed by atoms with Gasteiger partial charge in [0.25, 0.3) is 8.32 Å². The largest absolute Gasteiger partial charge is 0.468 e. The van der Waals surface area contributed by atoms with Crippen molar-refractivity contribution in [2.75, 3.05) is 20.8 Å². The number of rotatable bonds is 12. The molecule has 1 atom stereocenters. The molecular weight excluding hydrogens is 548 g/mol. The van der Waals surface area contributed by atoms with E-state index in [9.17, 15) is 14.4 Å². The van der Waals surface area contributed by atoms with E-state index < -0.39 is 37.7 Å². The van der Waals surface area contributed by atoms with Crippen LogP contribution in [-0.4, -0.2) is 53.2 Å². The fraction of sp³-hybridized carbons (Fsp3) is 0.324. The predicted molar refractivity (Wildman–Crippen MR) is 165 cm³/mol. The van der Waals surface area contributed by atoms with E-state index in [1.165, 1.54) is 33.3 Å². The first-order chi connectivity index (χ1) is 20.0. The van der Waals surface area contributed by atoms with Crippen molar-refractivity contribution in [3.05, 3.63) is 109 Å². The average Bonchev–Trinajstić information content (AvgIpc) is 2.99. The molecule has 3 aromatic carbocycles. The summed E-state index contributed by atoms with van der Waals surface area (Å²) >= 11 is 0. The van der Waals surface area contributed by atoms with Crippen LogP contribution in [0.5, 0.6) is 0 Å². The summed E-state index contributed by atoms with van der Waals surface area (Å²) in [5.74, 6) is -2.10. The minimum Gasteiger partial charge on any atom is -0.468 e. The maximum absolute atomic E-state index is 13.2. The summed E-state index contributed by atoms with van der Waals surface area (Å²) in [6.07, 6.45) is 2.02. The molecule has 0 fully saturated rings. The number of hydrogen-bond acceptors (Lipinski definition) is 7. The van der Waals surface area contributed by atoms with Crippen LogP contribution in [0.25, 0.3) is 0 Å². The highest BCUT2D eigenvalue weighted by Crippen LogP contribution is 2.37. The Balaban J connectivity index is 2.09. The molecule has 7 nitrogen and oxygen atoms in total. The van der Waals surface area contributed by atoms with Gasteiger partial charge in [-0.15, -0.1) is 0 Å². The number of hydrogen-bond donors (Lipinski definition) is 0. The summed E-state index contributed by atoms with van der Waals surface area (Å²) in [6, 6.07) is 29.3. The van der Waals surface area contributed by atoms with Gasteiger partial charge < -0.3 is 18.6 Å². The third kappa shape index (κ3) is 7.24. The van der Waals surface area contributed by atoms with Gasteiger partial charge in [0.05, 0.1) is 20.8 Å². The molecule has 0 N–H and O–H groups in total. The van der Waals surface area contributed by atoms with E-state index in [2.05, 4.69) is 45.0 Å². The van der Waals surface area contributed by atoms with Gasteiger partial charge in [-0.1, -0.05) is 118 Å². The number of methoxy groups -OCH3 is 2. The van der Waals surface area contributed by atoms with Gasteiger partial charge in [0, 0.05) is 13.3 Å². The van der Waals surface area contributed by atoms with Gasteiger partial charge in [-0.25, -0.2) is 0 Å². The van der Waals surface area contributed by atoms with Gasteiger partial charge >= 0.3 is 17.9 Å². The van der Waals surface area contributed by atoms with Gasteiger partial charge in [0.1, 0.15) is 6.10 Å². The number of benzene rings is 3. The molecule has 0 amide bonds. The number of carbonyl (C=O) groups is 3. The van der Waals surface area contributed by atoms with Crippen LogP contribution in [0, 0.1) is 5.41 Å². The van der Waals surface area contributed by atoms with Crippen LogP contribution in [-0.2, 0) is 39.4 Å². The third-order valence-corrected chi connectivity index (χ3v) is 12.2. The van der Waals surface area contributed by atoms with Crippen molar-refractivity contribution in [2.45, 2.75) is 45.3 Å². The van der Waals surface area contributed by atoms with E-state index in [0.717, 1.165) is 15.9 Å². The summed E-state index contributed by atoms with van der Waals surface area (Å²) in [5, 5.41) is 1.82. The van der Waals surface area contributed by atoms with Crippen LogP contribution in [0.2, 0.25) is 5.04 Å². The average molecular weight is 589 g/mol. The van der Waals surface area contributed by atoms with E-state index in [1.807, 2.05) is 66.7 Å².